The van der Waals surface area contributed by atoms with Gasteiger partial charge in [-0.3, -0.25) is 4.90 Å². The van der Waals surface area contributed by atoms with E-state index in [-0.39, 0.29) is 6.10 Å². The quantitative estimate of drug-likeness (QED) is 0.730. The summed E-state index contributed by atoms with van der Waals surface area (Å²) < 4.78 is 10.8. The summed E-state index contributed by atoms with van der Waals surface area (Å²) in [5.74, 6) is 1.26. The maximum atomic E-state index is 5.56. The molecule has 0 aromatic carbocycles. The summed E-state index contributed by atoms with van der Waals surface area (Å²) in [7, 11) is 0. The van der Waals surface area contributed by atoms with Crippen LogP contribution >= 0.6 is 0 Å². The minimum absolute atomic E-state index is 0.128. The fraction of sp³-hybridized carbons (Fsp3) is 0.778. The lowest BCUT2D eigenvalue weighted by atomic mass is 10.3. The van der Waals surface area contributed by atoms with Gasteiger partial charge in [-0.1, -0.05) is 0 Å². The van der Waals surface area contributed by atoms with Crippen LogP contribution in [0.5, 0.6) is 0 Å². The Morgan fingerprint density at radius 3 is 3.07 bits per heavy atom. The zero-order valence-corrected chi connectivity index (χ0v) is 8.85. The standard InChI is InChI=1S/C9H16N4O2/c1-7-11-12-9(15-7)6-13-2-3-14-8(4-10)5-13/h8H,2-6,10H2,1H3. The number of hydrogen-bond donors (Lipinski definition) is 1. The Kier molecular flexibility index (Phi) is 3.30. The molecule has 2 rings (SSSR count). The van der Waals surface area contributed by atoms with E-state index >= 15 is 0 Å². The van der Waals surface area contributed by atoms with Crippen molar-refractivity contribution in [2.24, 2.45) is 5.73 Å². The van der Waals surface area contributed by atoms with E-state index in [0.29, 0.717) is 24.9 Å². The summed E-state index contributed by atoms with van der Waals surface area (Å²) >= 11 is 0. The smallest absolute Gasteiger partial charge is 0.230 e. The number of rotatable bonds is 3. The number of morpholine rings is 1. The molecule has 0 bridgehead atoms. The molecular formula is C9H16N4O2. The Morgan fingerprint density at radius 1 is 1.53 bits per heavy atom. The van der Waals surface area contributed by atoms with Gasteiger partial charge in [-0.15, -0.1) is 10.2 Å². The Bertz CT molecular complexity index is 315. The molecule has 1 aliphatic heterocycles. The molecule has 1 saturated heterocycles. The van der Waals surface area contributed by atoms with Crippen LogP contribution in [0.25, 0.3) is 0 Å². The first kappa shape index (κ1) is 10.5. The van der Waals surface area contributed by atoms with Crippen molar-refractivity contribution in [3.63, 3.8) is 0 Å². The number of hydrogen-bond acceptors (Lipinski definition) is 6. The predicted molar refractivity (Wildman–Crippen MR) is 53.1 cm³/mol. The van der Waals surface area contributed by atoms with Crippen LogP contribution in [0.2, 0.25) is 0 Å². The van der Waals surface area contributed by atoms with Crippen LogP contribution in [-0.4, -0.2) is 47.4 Å². The van der Waals surface area contributed by atoms with Crippen molar-refractivity contribution >= 4 is 0 Å². The van der Waals surface area contributed by atoms with Crippen molar-refractivity contribution in [2.45, 2.75) is 19.6 Å². The molecule has 0 radical (unpaired) electrons. The molecule has 1 aliphatic rings. The van der Waals surface area contributed by atoms with Gasteiger partial charge in [-0.2, -0.15) is 0 Å². The predicted octanol–water partition coefficient (Wildman–Crippen LogP) is -0.462. The molecule has 6 heteroatoms. The molecule has 1 aromatic rings. The van der Waals surface area contributed by atoms with Gasteiger partial charge in [0, 0.05) is 26.6 Å². The van der Waals surface area contributed by atoms with Gasteiger partial charge in [0.2, 0.25) is 11.8 Å². The molecule has 0 amide bonds. The van der Waals surface area contributed by atoms with Gasteiger partial charge in [0.25, 0.3) is 0 Å². The van der Waals surface area contributed by atoms with Crippen LogP contribution in [0.3, 0.4) is 0 Å². The largest absolute Gasteiger partial charge is 0.424 e. The maximum Gasteiger partial charge on any atom is 0.230 e. The van der Waals surface area contributed by atoms with Crippen molar-refractivity contribution in [2.75, 3.05) is 26.2 Å². The van der Waals surface area contributed by atoms with Gasteiger partial charge < -0.3 is 14.9 Å². The summed E-state index contributed by atoms with van der Waals surface area (Å²) in [6, 6.07) is 0. The number of ether oxygens (including phenoxy) is 1. The molecule has 2 heterocycles. The number of aromatic nitrogens is 2. The average Bonchev–Trinajstić information content (AvgIpc) is 2.64. The number of aryl methyl sites for hydroxylation is 1. The van der Waals surface area contributed by atoms with Crippen LogP contribution in [0.1, 0.15) is 11.8 Å². The molecule has 0 aliphatic carbocycles. The molecule has 6 nitrogen and oxygen atoms in total. The fourth-order valence-corrected chi connectivity index (χ4v) is 1.66. The van der Waals surface area contributed by atoms with Gasteiger partial charge in [0.1, 0.15) is 0 Å². The van der Waals surface area contributed by atoms with E-state index in [0.717, 1.165) is 19.7 Å². The van der Waals surface area contributed by atoms with E-state index in [1.807, 2.05) is 0 Å². The monoisotopic (exact) mass is 212 g/mol. The molecule has 84 valence electrons. The Balaban J connectivity index is 1.88. The van der Waals surface area contributed by atoms with E-state index in [1.165, 1.54) is 0 Å². The molecule has 1 atom stereocenters. The summed E-state index contributed by atoms with van der Waals surface area (Å²) in [4.78, 5) is 2.22. The van der Waals surface area contributed by atoms with Gasteiger partial charge >= 0.3 is 0 Å². The van der Waals surface area contributed by atoms with Crippen molar-refractivity contribution in [1.29, 1.82) is 0 Å². The average molecular weight is 212 g/mol. The Labute approximate surface area is 88.4 Å². The third kappa shape index (κ3) is 2.74. The van der Waals surface area contributed by atoms with Gasteiger partial charge in [0.15, 0.2) is 0 Å². The third-order valence-electron chi connectivity index (χ3n) is 2.41. The summed E-state index contributed by atoms with van der Waals surface area (Å²) in [6.45, 7) is 5.46. The molecule has 1 aromatic heterocycles. The van der Waals surface area contributed by atoms with Crippen LogP contribution in [0.15, 0.2) is 4.42 Å². The highest BCUT2D eigenvalue weighted by Crippen LogP contribution is 2.08. The molecule has 15 heavy (non-hydrogen) atoms. The molecule has 2 N–H and O–H groups in total. The number of nitrogens with two attached hydrogens (primary N) is 1. The minimum Gasteiger partial charge on any atom is -0.424 e. The SMILES string of the molecule is Cc1nnc(CN2CCOC(CN)C2)o1. The van der Waals surface area contributed by atoms with E-state index in [2.05, 4.69) is 15.1 Å². The van der Waals surface area contributed by atoms with Gasteiger partial charge in [-0.25, -0.2) is 0 Å². The lowest BCUT2D eigenvalue weighted by molar-refractivity contribution is -0.0284. The lowest BCUT2D eigenvalue weighted by Gasteiger charge is -2.31. The molecular weight excluding hydrogens is 196 g/mol. The number of nitrogens with zero attached hydrogens (tertiary/aromatic N) is 3. The molecule has 1 unspecified atom stereocenters. The maximum absolute atomic E-state index is 5.56. The molecule has 0 spiro atoms. The van der Waals surface area contributed by atoms with Gasteiger partial charge in [-0.05, 0) is 0 Å². The highest BCUT2D eigenvalue weighted by molar-refractivity contribution is 4.81. The Morgan fingerprint density at radius 2 is 2.40 bits per heavy atom. The van der Waals surface area contributed by atoms with E-state index in [4.69, 9.17) is 14.9 Å². The second-order valence-electron chi connectivity index (χ2n) is 3.68. The minimum atomic E-state index is 0.128. The van der Waals surface area contributed by atoms with Crippen LogP contribution < -0.4 is 5.73 Å². The van der Waals surface area contributed by atoms with E-state index in [1.54, 1.807) is 6.92 Å². The summed E-state index contributed by atoms with van der Waals surface area (Å²) in [5.41, 5.74) is 5.56. The zero-order valence-electron chi connectivity index (χ0n) is 8.85. The zero-order chi connectivity index (χ0) is 10.7. The second-order valence-corrected chi connectivity index (χ2v) is 3.68. The van der Waals surface area contributed by atoms with Crippen LogP contribution in [-0.2, 0) is 11.3 Å². The van der Waals surface area contributed by atoms with E-state index < -0.39 is 0 Å². The normalized spacial score (nSPS) is 23.2. The van der Waals surface area contributed by atoms with E-state index in [9.17, 15) is 0 Å². The van der Waals surface area contributed by atoms with Crippen molar-refractivity contribution in [3.8, 4) is 0 Å². The van der Waals surface area contributed by atoms with Crippen LogP contribution in [0.4, 0.5) is 0 Å². The Hall–Kier alpha value is -0.980. The van der Waals surface area contributed by atoms with Crippen molar-refractivity contribution in [1.82, 2.24) is 15.1 Å². The summed E-state index contributed by atoms with van der Waals surface area (Å²) in [5, 5.41) is 7.75. The second kappa shape index (κ2) is 4.69. The molecule has 0 saturated carbocycles. The first-order chi connectivity index (χ1) is 7.28. The first-order valence-electron chi connectivity index (χ1n) is 5.11. The lowest BCUT2D eigenvalue weighted by Crippen LogP contribution is -2.45. The van der Waals surface area contributed by atoms with Crippen molar-refractivity contribution in [3.05, 3.63) is 11.8 Å². The van der Waals surface area contributed by atoms with Crippen LogP contribution in [0, 0.1) is 6.92 Å². The molecule has 1 fully saturated rings. The van der Waals surface area contributed by atoms with Crippen molar-refractivity contribution < 1.29 is 9.15 Å². The highest BCUT2D eigenvalue weighted by atomic mass is 16.5. The topological polar surface area (TPSA) is 77.4 Å². The highest BCUT2D eigenvalue weighted by Gasteiger charge is 2.20. The fourth-order valence-electron chi connectivity index (χ4n) is 1.66. The third-order valence-corrected chi connectivity index (χ3v) is 2.41. The van der Waals surface area contributed by atoms with Gasteiger partial charge in [0.05, 0.1) is 19.3 Å². The first-order valence-corrected chi connectivity index (χ1v) is 5.11. The summed E-state index contributed by atoms with van der Waals surface area (Å²) in [6.07, 6.45) is 0.128.